The highest BCUT2D eigenvalue weighted by atomic mass is 32.2. The molecule has 1 amide bonds. The molecule has 0 aromatic heterocycles. The average Bonchev–Trinajstić information content (AvgIpc) is 2.51. The van der Waals surface area contributed by atoms with Gasteiger partial charge in [-0.1, -0.05) is 13.0 Å². The van der Waals surface area contributed by atoms with E-state index in [1.807, 2.05) is 24.3 Å². The van der Waals surface area contributed by atoms with Crippen molar-refractivity contribution < 1.29 is 18.5 Å². The second-order valence-corrected chi connectivity index (χ2v) is 6.58. The number of hydrogen-bond donors (Lipinski definition) is 1. The molecule has 0 spiro atoms. The third-order valence-corrected chi connectivity index (χ3v) is 4.94. The van der Waals surface area contributed by atoms with E-state index < -0.39 is 16.9 Å². The number of alkyl carbamates (subject to hydrolysis) is 1. The Bertz CT molecular complexity index is 614. The van der Waals surface area contributed by atoms with Crippen LogP contribution in [-0.2, 0) is 21.0 Å². The van der Waals surface area contributed by atoms with Crippen LogP contribution in [0.15, 0.2) is 34.6 Å². The summed E-state index contributed by atoms with van der Waals surface area (Å²) < 4.78 is 22.3. The van der Waals surface area contributed by atoms with E-state index >= 15 is 0 Å². The van der Waals surface area contributed by atoms with Crippen molar-refractivity contribution >= 4 is 16.9 Å². The van der Waals surface area contributed by atoms with Crippen LogP contribution in [0.5, 0.6) is 5.75 Å². The van der Waals surface area contributed by atoms with Gasteiger partial charge in [0.05, 0.1) is 24.5 Å². The van der Waals surface area contributed by atoms with E-state index in [0.29, 0.717) is 19.6 Å². The number of allylic oxidation sites excluding steroid dienone is 1. The minimum Gasteiger partial charge on any atom is -0.497 e. The second-order valence-electron chi connectivity index (χ2n) is 5.28. The minimum atomic E-state index is -1.14. The molecule has 0 saturated carbocycles. The fourth-order valence-electron chi connectivity index (χ4n) is 2.46. The van der Waals surface area contributed by atoms with Crippen LogP contribution in [0.1, 0.15) is 25.8 Å². The summed E-state index contributed by atoms with van der Waals surface area (Å²) in [4.78, 5) is 12.2. The van der Waals surface area contributed by atoms with Crippen LogP contribution in [0, 0.1) is 0 Å². The lowest BCUT2D eigenvalue weighted by Gasteiger charge is -2.31. The molecule has 1 aromatic carbocycles. The smallest absolute Gasteiger partial charge is 0.407 e. The van der Waals surface area contributed by atoms with Gasteiger partial charge in [-0.25, -0.2) is 9.00 Å². The van der Waals surface area contributed by atoms with E-state index in [9.17, 15) is 9.00 Å². The fourth-order valence-corrected chi connectivity index (χ4v) is 3.74. The first-order chi connectivity index (χ1) is 10.5. The zero-order valence-electron chi connectivity index (χ0n) is 13.0. The van der Waals surface area contributed by atoms with Gasteiger partial charge in [0.2, 0.25) is 0 Å². The number of amides is 1. The molecule has 0 fully saturated rings. The van der Waals surface area contributed by atoms with Crippen molar-refractivity contribution in [3.63, 3.8) is 0 Å². The topological polar surface area (TPSA) is 64.6 Å². The monoisotopic (exact) mass is 323 g/mol. The van der Waals surface area contributed by atoms with Gasteiger partial charge in [-0.05, 0) is 37.1 Å². The Balaban J connectivity index is 2.18. The highest BCUT2D eigenvalue weighted by molar-refractivity contribution is 7.88. The van der Waals surface area contributed by atoms with Crippen molar-refractivity contribution in [3.8, 4) is 5.75 Å². The van der Waals surface area contributed by atoms with E-state index in [1.54, 1.807) is 19.4 Å². The van der Waals surface area contributed by atoms with Crippen LogP contribution in [0.4, 0.5) is 4.79 Å². The Morgan fingerprint density at radius 1 is 1.41 bits per heavy atom. The van der Waals surface area contributed by atoms with Crippen LogP contribution in [0.3, 0.4) is 0 Å². The normalized spacial score (nSPS) is 22.8. The molecule has 0 aliphatic carbocycles. The Kier molecular flexibility index (Phi) is 5.24. The zero-order valence-corrected chi connectivity index (χ0v) is 13.9. The molecule has 0 radical (unpaired) electrons. The number of methoxy groups -OCH3 is 1. The summed E-state index contributed by atoms with van der Waals surface area (Å²) in [5.41, 5.74) is 0.662. The summed E-state index contributed by atoms with van der Waals surface area (Å²) in [7, 11) is 0.471. The molecule has 2 atom stereocenters. The third-order valence-electron chi connectivity index (χ3n) is 3.77. The first-order valence-corrected chi connectivity index (χ1v) is 8.40. The first kappa shape index (κ1) is 16.5. The van der Waals surface area contributed by atoms with Crippen LogP contribution in [0.2, 0.25) is 0 Å². The summed E-state index contributed by atoms with van der Waals surface area (Å²) in [6.07, 6.45) is 2.21. The van der Waals surface area contributed by atoms with Gasteiger partial charge in [0.15, 0.2) is 0 Å². The number of benzene rings is 1. The van der Waals surface area contributed by atoms with Gasteiger partial charge in [-0.15, -0.1) is 0 Å². The Hall–Kier alpha value is -1.82. The highest BCUT2D eigenvalue weighted by Crippen LogP contribution is 2.39. The molecule has 0 saturated heterocycles. The molecular formula is C16H21NO4S. The minimum absolute atomic E-state index is 0.308. The zero-order chi connectivity index (χ0) is 16.2. The van der Waals surface area contributed by atoms with Crippen molar-refractivity contribution in [3.05, 3.63) is 35.2 Å². The lowest BCUT2D eigenvalue weighted by molar-refractivity contribution is 0.151. The molecule has 22 heavy (non-hydrogen) atoms. The predicted molar refractivity (Wildman–Crippen MR) is 85.5 cm³/mol. The predicted octanol–water partition coefficient (Wildman–Crippen LogP) is 2.72. The van der Waals surface area contributed by atoms with Gasteiger partial charge in [0.25, 0.3) is 0 Å². The molecule has 0 bridgehead atoms. The number of carbonyl (C=O) groups excluding carboxylic acids is 1. The van der Waals surface area contributed by atoms with E-state index in [2.05, 4.69) is 12.2 Å². The largest absolute Gasteiger partial charge is 0.497 e. The third kappa shape index (κ3) is 3.50. The Labute approximate surface area is 133 Å². The maximum absolute atomic E-state index is 12.1. The maximum atomic E-state index is 12.1. The quantitative estimate of drug-likeness (QED) is 0.905. The highest BCUT2D eigenvalue weighted by Gasteiger charge is 2.31. The van der Waals surface area contributed by atoms with Crippen LogP contribution in [0.25, 0.3) is 0 Å². The Morgan fingerprint density at radius 3 is 2.86 bits per heavy atom. The number of rotatable bonds is 5. The van der Waals surface area contributed by atoms with Crippen molar-refractivity contribution in [1.82, 2.24) is 5.32 Å². The second kappa shape index (κ2) is 6.96. The SMILES string of the molecule is CCOC(=O)NCCC1(C)C=CS(=O)c2ccc(OC)cc21. The summed E-state index contributed by atoms with van der Waals surface area (Å²) in [6.45, 7) is 4.65. The molecule has 1 aliphatic rings. The fraction of sp³-hybridized carbons (Fsp3) is 0.438. The van der Waals surface area contributed by atoms with Crippen LogP contribution in [-0.4, -0.2) is 30.6 Å². The van der Waals surface area contributed by atoms with Crippen molar-refractivity contribution in [2.75, 3.05) is 20.3 Å². The Morgan fingerprint density at radius 2 is 2.18 bits per heavy atom. The first-order valence-electron chi connectivity index (χ1n) is 7.19. The van der Waals surface area contributed by atoms with Crippen molar-refractivity contribution in [1.29, 1.82) is 0 Å². The van der Waals surface area contributed by atoms with Gasteiger partial charge in [0.1, 0.15) is 5.75 Å². The molecule has 6 heteroatoms. The van der Waals surface area contributed by atoms with Crippen LogP contribution >= 0.6 is 0 Å². The molecule has 2 unspecified atom stereocenters. The molecule has 1 N–H and O–H groups in total. The lowest BCUT2D eigenvalue weighted by Crippen LogP contribution is -2.32. The van der Waals surface area contributed by atoms with Crippen LogP contribution < -0.4 is 10.1 Å². The molecule has 1 aromatic rings. The number of fused-ring (bicyclic) bond motifs is 1. The van der Waals surface area contributed by atoms with Gasteiger partial charge < -0.3 is 14.8 Å². The van der Waals surface area contributed by atoms with Gasteiger partial charge in [0, 0.05) is 22.3 Å². The number of nitrogens with one attached hydrogen (secondary N) is 1. The molecule has 1 aliphatic heterocycles. The number of carbonyl (C=O) groups is 1. The van der Waals surface area contributed by atoms with Crippen molar-refractivity contribution in [2.24, 2.45) is 0 Å². The molecule has 5 nitrogen and oxygen atoms in total. The van der Waals surface area contributed by atoms with Gasteiger partial charge >= 0.3 is 6.09 Å². The lowest BCUT2D eigenvalue weighted by atomic mass is 9.79. The molecule has 1 heterocycles. The molecular weight excluding hydrogens is 302 g/mol. The number of hydrogen-bond acceptors (Lipinski definition) is 4. The maximum Gasteiger partial charge on any atom is 0.407 e. The van der Waals surface area contributed by atoms with E-state index in [-0.39, 0.29) is 5.41 Å². The average molecular weight is 323 g/mol. The van der Waals surface area contributed by atoms with Gasteiger partial charge in [-0.3, -0.25) is 0 Å². The standard InChI is InChI=1S/C16H21NO4S/c1-4-21-15(18)17-9-7-16(2)8-10-22(19)14-6-5-12(20-3)11-13(14)16/h5-6,8,10-11H,4,7,9H2,1-3H3,(H,17,18). The number of ether oxygens (including phenoxy) is 2. The molecule has 120 valence electrons. The van der Waals surface area contributed by atoms with Gasteiger partial charge in [-0.2, -0.15) is 0 Å². The summed E-state index contributed by atoms with van der Waals surface area (Å²) >= 11 is 0. The van der Waals surface area contributed by atoms with E-state index in [0.717, 1.165) is 16.2 Å². The van der Waals surface area contributed by atoms with Crippen molar-refractivity contribution in [2.45, 2.75) is 30.6 Å². The summed E-state index contributed by atoms with van der Waals surface area (Å²) in [6, 6.07) is 5.57. The molecule has 2 rings (SSSR count). The summed E-state index contributed by atoms with van der Waals surface area (Å²) in [5.74, 6) is 0.732. The van der Waals surface area contributed by atoms with E-state index in [4.69, 9.17) is 9.47 Å². The van der Waals surface area contributed by atoms with E-state index in [1.165, 1.54) is 0 Å². The summed E-state index contributed by atoms with van der Waals surface area (Å²) in [5, 5.41) is 4.43.